The maximum Gasteiger partial charge on any atom is 0.325 e. The summed E-state index contributed by atoms with van der Waals surface area (Å²) >= 11 is 1.45. The van der Waals surface area contributed by atoms with Gasteiger partial charge in [-0.3, -0.25) is 9.69 Å². The van der Waals surface area contributed by atoms with E-state index in [0.717, 1.165) is 27.3 Å². The smallest absolute Gasteiger partial charge is 0.325 e. The molecule has 1 atom stereocenters. The van der Waals surface area contributed by atoms with E-state index >= 15 is 0 Å². The molecule has 1 fully saturated rings. The Labute approximate surface area is 156 Å². The van der Waals surface area contributed by atoms with E-state index < -0.39 is 27.8 Å². The van der Waals surface area contributed by atoms with Crippen LogP contribution in [0.2, 0.25) is 0 Å². The zero-order valence-corrected chi connectivity index (χ0v) is 16.1. The lowest BCUT2D eigenvalue weighted by Crippen LogP contribution is -2.32. The molecule has 1 aromatic carbocycles. The zero-order valence-electron chi connectivity index (χ0n) is 14.4. The average molecular weight is 393 g/mol. The largest absolute Gasteiger partial charge is 0.326 e. The molecule has 2 aromatic rings. The minimum Gasteiger partial charge on any atom is -0.326 e. The Morgan fingerprint density at radius 2 is 1.92 bits per heavy atom. The van der Waals surface area contributed by atoms with Gasteiger partial charge < -0.3 is 5.32 Å². The van der Waals surface area contributed by atoms with Gasteiger partial charge in [-0.1, -0.05) is 29.8 Å². The van der Waals surface area contributed by atoms with E-state index in [1.165, 1.54) is 11.3 Å². The number of hydrogen-bond acceptors (Lipinski definition) is 6. The fraction of sp³-hybridized carbons (Fsp3) is 0.353. The highest BCUT2D eigenvalue weighted by atomic mass is 32.2. The number of sulfone groups is 1. The third kappa shape index (κ3) is 4.28. The van der Waals surface area contributed by atoms with Crippen molar-refractivity contribution in [1.82, 2.24) is 15.2 Å². The second-order valence-corrected chi connectivity index (χ2v) is 9.47. The van der Waals surface area contributed by atoms with Crippen molar-refractivity contribution in [2.75, 3.05) is 12.0 Å². The first-order valence-electron chi connectivity index (χ1n) is 8.04. The molecule has 1 saturated heterocycles. The second kappa shape index (κ2) is 7.16. The number of rotatable bonds is 6. The Bertz CT molecular complexity index is 935. The topological polar surface area (TPSA) is 96.4 Å². The standard InChI is InChI=1S/C17H19N3O4S2/c1-11-3-5-12(6-4-11)15-18-13(10-25-15)9-20-16(21)14(19-17(20)22)7-8-26(2,23)24/h3-6,10,14H,7-9H2,1-2H3,(H,19,22)/t14-/m0/s1. The van der Waals surface area contributed by atoms with Gasteiger partial charge >= 0.3 is 6.03 Å². The summed E-state index contributed by atoms with van der Waals surface area (Å²) in [4.78, 5) is 30.0. The van der Waals surface area contributed by atoms with Gasteiger partial charge in [-0.25, -0.2) is 18.2 Å². The van der Waals surface area contributed by atoms with Crippen LogP contribution in [0.5, 0.6) is 0 Å². The highest BCUT2D eigenvalue weighted by Gasteiger charge is 2.38. The number of carbonyl (C=O) groups excluding carboxylic acids is 2. The molecule has 9 heteroatoms. The van der Waals surface area contributed by atoms with Crippen LogP contribution >= 0.6 is 11.3 Å². The minimum atomic E-state index is -3.19. The number of nitrogens with one attached hydrogen (secondary N) is 1. The Hall–Kier alpha value is -2.26. The summed E-state index contributed by atoms with van der Waals surface area (Å²) in [6.07, 6.45) is 1.18. The maximum atomic E-state index is 12.4. The third-order valence-corrected chi connectivity index (χ3v) is 5.97. The van der Waals surface area contributed by atoms with E-state index in [-0.39, 0.29) is 18.7 Å². The summed E-state index contributed by atoms with van der Waals surface area (Å²) in [5, 5.41) is 5.18. The molecule has 0 spiro atoms. The number of aryl methyl sites for hydroxylation is 1. The summed E-state index contributed by atoms with van der Waals surface area (Å²) in [6.45, 7) is 2.08. The lowest BCUT2D eigenvalue weighted by Gasteiger charge is -2.11. The number of aromatic nitrogens is 1. The normalized spacial score (nSPS) is 17.6. The molecule has 1 aliphatic rings. The molecule has 3 rings (SSSR count). The van der Waals surface area contributed by atoms with Gasteiger partial charge in [0.05, 0.1) is 18.0 Å². The van der Waals surface area contributed by atoms with Crippen molar-refractivity contribution in [3.05, 3.63) is 40.9 Å². The van der Waals surface area contributed by atoms with Gasteiger partial charge in [-0.05, 0) is 13.3 Å². The van der Waals surface area contributed by atoms with E-state index in [2.05, 4.69) is 10.3 Å². The van der Waals surface area contributed by atoms with Gasteiger partial charge in [0.25, 0.3) is 5.91 Å². The van der Waals surface area contributed by atoms with E-state index in [0.29, 0.717) is 5.69 Å². The second-order valence-electron chi connectivity index (χ2n) is 6.36. The Morgan fingerprint density at radius 3 is 2.58 bits per heavy atom. The van der Waals surface area contributed by atoms with Crippen LogP contribution in [0.4, 0.5) is 4.79 Å². The molecular formula is C17H19N3O4S2. The minimum absolute atomic E-state index is 0.0718. The SMILES string of the molecule is Cc1ccc(-c2nc(CN3C(=O)N[C@@H](CCS(C)(=O)=O)C3=O)cs2)cc1. The van der Waals surface area contributed by atoms with Gasteiger partial charge in [0.1, 0.15) is 20.9 Å². The van der Waals surface area contributed by atoms with Crippen molar-refractivity contribution < 1.29 is 18.0 Å². The number of thiazole rings is 1. The van der Waals surface area contributed by atoms with Gasteiger partial charge in [-0.15, -0.1) is 11.3 Å². The number of amides is 3. The highest BCUT2D eigenvalue weighted by molar-refractivity contribution is 7.90. The fourth-order valence-corrected chi connectivity index (χ4v) is 4.11. The maximum absolute atomic E-state index is 12.4. The van der Waals surface area contributed by atoms with E-state index in [1.807, 2.05) is 36.6 Å². The lowest BCUT2D eigenvalue weighted by atomic mass is 10.2. The Balaban J connectivity index is 1.68. The first-order chi connectivity index (χ1) is 12.2. The first kappa shape index (κ1) is 18.5. The third-order valence-electron chi connectivity index (χ3n) is 4.05. The molecule has 7 nitrogen and oxygen atoms in total. The number of hydrogen-bond donors (Lipinski definition) is 1. The lowest BCUT2D eigenvalue weighted by molar-refractivity contribution is -0.127. The molecule has 1 aromatic heterocycles. The monoisotopic (exact) mass is 393 g/mol. The van der Waals surface area contributed by atoms with Crippen LogP contribution in [0.1, 0.15) is 17.7 Å². The van der Waals surface area contributed by atoms with E-state index in [9.17, 15) is 18.0 Å². The van der Waals surface area contributed by atoms with Crippen molar-refractivity contribution in [3.8, 4) is 10.6 Å². The molecule has 138 valence electrons. The molecule has 0 bridgehead atoms. The summed E-state index contributed by atoms with van der Waals surface area (Å²) in [7, 11) is -3.19. The molecule has 0 aliphatic carbocycles. The molecule has 3 amide bonds. The number of carbonyl (C=O) groups is 2. The van der Waals surface area contributed by atoms with Crippen molar-refractivity contribution in [2.24, 2.45) is 0 Å². The summed E-state index contributed by atoms with van der Waals surface area (Å²) in [5.74, 6) is -0.560. The van der Waals surface area contributed by atoms with E-state index in [4.69, 9.17) is 0 Å². The number of imide groups is 1. The molecule has 0 radical (unpaired) electrons. The van der Waals surface area contributed by atoms with Crippen LogP contribution in [-0.4, -0.2) is 48.3 Å². The van der Waals surface area contributed by atoms with Crippen LogP contribution in [-0.2, 0) is 21.2 Å². The Morgan fingerprint density at radius 1 is 1.23 bits per heavy atom. The molecule has 1 aliphatic heterocycles. The average Bonchev–Trinajstić information content (AvgIpc) is 3.13. The summed E-state index contributed by atoms with van der Waals surface area (Å²) in [6, 6.07) is 6.64. The molecule has 0 saturated carbocycles. The van der Waals surface area contributed by atoms with Gasteiger partial charge in [0.2, 0.25) is 0 Å². The molecular weight excluding hydrogens is 374 g/mol. The van der Waals surface area contributed by atoms with Crippen molar-refractivity contribution in [1.29, 1.82) is 0 Å². The zero-order chi connectivity index (χ0) is 18.9. The summed E-state index contributed by atoms with van der Waals surface area (Å²) in [5.41, 5.74) is 2.76. The molecule has 2 heterocycles. The predicted molar refractivity (Wildman–Crippen MR) is 99.5 cm³/mol. The molecule has 0 unspecified atom stereocenters. The van der Waals surface area contributed by atoms with Crippen LogP contribution in [0.25, 0.3) is 10.6 Å². The van der Waals surface area contributed by atoms with Gasteiger partial charge in [-0.2, -0.15) is 0 Å². The number of nitrogens with zero attached hydrogens (tertiary/aromatic N) is 2. The first-order valence-corrected chi connectivity index (χ1v) is 11.0. The quantitative estimate of drug-likeness (QED) is 0.757. The van der Waals surface area contributed by atoms with Crippen molar-refractivity contribution >= 4 is 33.1 Å². The van der Waals surface area contributed by atoms with Crippen LogP contribution in [0, 0.1) is 6.92 Å². The number of benzene rings is 1. The fourth-order valence-electron chi connectivity index (χ4n) is 2.62. The van der Waals surface area contributed by atoms with Crippen molar-refractivity contribution in [3.63, 3.8) is 0 Å². The highest BCUT2D eigenvalue weighted by Crippen LogP contribution is 2.25. The van der Waals surface area contributed by atoms with Crippen molar-refractivity contribution in [2.45, 2.75) is 25.9 Å². The molecule has 1 N–H and O–H groups in total. The molecule has 26 heavy (non-hydrogen) atoms. The predicted octanol–water partition coefficient (Wildman–Crippen LogP) is 1.97. The van der Waals surface area contributed by atoms with Crippen LogP contribution < -0.4 is 5.32 Å². The van der Waals surface area contributed by atoms with Gasteiger partial charge in [0.15, 0.2) is 0 Å². The Kier molecular flexibility index (Phi) is 5.10. The van der Waals surface area contributed by atoms with Crippen LogP contribution in [0.3, 0.4) is 0 Å². The van der Waals surface area contributed by atoms with Crippen LogP contribution in [0.15, 0.2) is 29.6 Å². The van der Waals surface area contributed by atoms with Gasteiger partial charge in [0, 0.05) is 17.2 Å². The van der Waals surface area contributed by atoms with E-state index in [1.54, 1.807) is 0 Å². The number of urea groups is 1. The summed E-state index contributed by atoms with van der Waals surface area (Å²) < 4.78 is 22.5.